The van der Waals surface area contributed by atoms with Crippen molar-refractivity contribution in [3.8, 4) is 0 Å². The van der Waals surface area contributed by atoms with Crippen molar-refractivity contribution in [3.05, 3.63) is 0 Å². The van der Waals surface area contributed by atoms with E-state index in [4.69, 9.17) is 5.73 Å². The normalized spacial score (nSPS) is 24.9. The van der Waals surface area contributed by atoms with Crippen LogP contribution in [0.1, 0.15) is 39.5 Å². The van der Waals surface area contributed by atoms with Crippen molar-refractivity contribution in [3.63, 3.8) is 0 Å². The Bertz CT molecular complexity index is 331. The van der Waals surface area contributed by atoms with Crippen LogP contribution >= 0.6 is 0 Å². The van der Waals surface area contributed by atoms with Crippen molar-refractivity contribution in [1.82, 2.24) is 10.2 Å². The predicted molar refractivity (Wildman–Crippen MR) is 64.2 cm³/mol. The number of carbonyl (C=O) groups is 2. The van der Waals surface area contributed by atoms with Crippen LogP contribution in [0, 0.1) is 0 Å². The summed E-state index contributed by atoms with van der Waals surface area (Å²) in [5.74, 6) is -0.145. The first kappa shape index (κ1) is 12.4. The van der Waals surface area contributed by atoms with Crippen molar-refractivity contribution < 1.29 is 9.59 Å². The Kier molecular flexibility index (Phi) is 3.12. The molecule has 96 valence electrons. The number of hydrogen-bond acceptors (Lipinski definition) is 3. The molecule has 0 aromatic heterocycles. The molecule has 0 bridgehead atoms. The van der Waals surface area contributed by atoms with E-state index in [0.29, 0.717) is 12.6 Å². The maximum Gasteiger partial charge on any atom is 0.243 e. The van der Waals surface area contributed by atoms with Gasteiger partial charge in [0.15, 0.2) is 0 Å². The molecule has 2 rings (SSSR count). The van der Waals surface area contributed by atoms with Crippen LogP contribution in [0.15, 0.2) is 0 Å². The molecule has 1 heterocycles. The highest BCUT2D eigenvalue weighted by atomic mass is 16.2. The third-order valence-corrected chi connectivity index (χ3v) is 3.29. The zero-order chi connectivity index (χ0) is 12.6. The van der Waals surface area contributed by atoms with E-state index in [2.05, 4.69) is 5.32 Å². The molecule has 1 unspecified atom stereocenters. The lowest BCUT2D eigenvalue weighted by Gasteiger charge is -2.30. The summed E-state index contributed by atoms with van der Waals surface area (Å²) >= 11 is 0. The van der Waals surface area contributed by atoms with E-state index in [1.165, 1.54) is 0 Å². The van der Waals surface area contributed by atoms with Crippen molar-refractivity contribution in [2.24, 2.45) is 5.73 Å². The molecule has 0 aromatic carbocycles. The Morgan fingerprint density at radius 1 is 1.29 bits per heavy atom. The van der Waals surface area contributed by atoms with Crippen LogP contribution < -0.4 is 11.1 Å². The van der Waals surface area contributed by atoms with Crippen LogP contribution in [0.3, 0.4) is 0 Å². The van der Waals surface area contributed by atoms with Gasteiger partial charge in [-0.15, -0.1) is 0 Å². The topological polar surface area (TPSA) is 75.4 Å². The summed E-state index contributed by atoms with van der Waals surface area (Å²) in [6, 6.07) is 0.0249. The van der Waals surface area contributed by atoms with Gasteiger partial charge in [-0.05, 0) is 39.5 Å². The van der Waals surface area contributed by atoms with Gasteiger partial charge in [-0.1, -0.05) is 0 Å². The molecule has 1 saturated carbocycles. The molecule has 5 nitrogen and oxygen atoms in total. The molecule has 3 N–H and O–H groups in total. The molecule has 5 heteroatoms. The Labute approximate surface area is 102 Å². The van der Waals surface area contributed by atoms with Crippen molar-refractivity contribution in [2.75, 3.05) is 6.54 Å². The van der Waals surface area contributed by atoms with Crippen LogP contribution in [-0.4, -0.2) is 40.9 Å². The SMILES string of the molecule is CC(C)(N)C(=O)N1CCCC1C(=O)NC1CC1. The van der Waals surface area contributed by atoms with E-state index in [9.17, 15) is 9.59 Å². The molecule has 1 atom stereocenters. The highest BCUT2D eigenvalue weighted by Gasteiger charge is 2.40. The van der Waals surface area contributed by atoms with Crippen molar-refractivity contribution >= 4 is 11.8 Å². The summed E-state index contributed by atoms with van der Waals surface area (Å²) < 4.78 is 0. The van der Waals surface area contributed by atoms with E-state index in [1.807, 2.05) is 0 Å². The monoisotopic (exact) mass is 239 g/mol. The van der Waals surface area contributed by atoms with Crippen LogP contribution in [0.25, 0.3) is 0 Å². The van der Waals surface area contributed by atoms with Gasteiger partial charge >= 0.3 is 0 Å². The molecule has 1 aliphatic heterocycles. The van der Waals surface area contributed by atoms with E-state index >= 15 is 0 Å². The van der Waals surface area contributed by atoms with Gasteiger partial charge in [0.25, 0.3) is 0 Å². The highest BCUT2D eigenvalue weighted by molar-refractivity contribution is 5.92. The minimum atomic E-state index is -0.900. The number of rotatable bonds is 3. The minimum Gasteiger partial charge on any atom is -0.352 e. The van der Waals surface area contributed by atoms with Crippen LogP contribution in [0.4, 0.5) is 0 Å². The molecule has 0 aromatic rings. The molecule has 17 heavy (non-hydrogen) atoms. The second kappa shape index (κ2) is 4.29. The van der Waals surface area contributed by atoms with Crippen LogP contribution in [-0.2, 0) is 9.59 Å². The van der Waals surface area contributed by atoms with Gasteiger partial charge in [0.1, 0.15) is 6.04 Å². The third-order valence-electron chi connectivity index (χ3n) is 3.29. The fourth-order valence-corrected chi connectivity index (χ4v) is 2.18. The molecule has 0 radical (unpaired) electrons. The number of nitrogens with two attached hydrogens (primary N) is 1. The molecular weight excluding hydrogens is 218 g/mol. The number of amides is 2. The fourth-order valence-electron chi connectivity index (χ4n) is 2.18. The lowest BCUT2D eigenvalue weighted by atomic mass is 10.0. The third kappa shape index (κ3) is 2.77. The fraction of sp³-hybridized carbons (Fsp3) is 0.833. The van der Waals surface area contributed by atoms with Crippen molar-refractivity contribution in [1.29, 1.82) is 0 Å². The quantitative estimate of drug-likeness (QED) is 0.727. The summed E-state index contributed by atoms with van der Waals surface area (Å²) in [5, 5.41) is 2.96. The molecular formula is C12H21N3O2. The first-order valence-corrected chi connectivity index (χ1v) is 6.30. The summed E-state index contributed by atoms with van der Waals surface area (Å²) in [7, 11) is 0. The van der Waals surface area contributed by atoms with Gasteiger partial charge in [-0.2, -0.15) is 0 Å². The van der Waals surface area contributed by atoms with Crippen molar-refractivity contribution in [2.45, 2.75) is 57.2 Å². The van der Waals surface area contributed by atoms with Gasteiger partial charge < -0.3 is 16.0 Å². The molecule has 1 aliphatic carbocycles. The van der Waals surface area contributed by atoms with E-state index in [1.54, 1.807) is 18.7 Å². The Hall–Kier alpha value is -1.10. The zero-order valence-corrected chi connectivity index (χ0v) is 10.5. The number of hydrogen-bond donors (Lipinski definition) is 2. The smallest absolute Gasteiger partial charge is 0.243 e. The summed E-state index contributed by atoms with van der Waals surface area (Å²) in [6.07, 6.45) is 3.76. The van der Waals surface area contributed by atoms with Gasteiger partial charge in [-0.25, -0.2) is 0 Å². The maximum atomic E-state index is 12.1. The van der Waals surface area contributed by atoms with E-state index in [0.717, 1.165) is 25.7 Å². The number of carbonyl (C=O) groups excluding carboxylic acids is 2. The minimum absolute atomic E-state index is 0.0115. The van der Waals surface area contributed by atoms with Gasteiger partial charge in [-0.3, -0.25) is 9.59 Å². The predicted octanol–water partition coefficient (Wildman–Crippen LogP) is -0.00670. The second-order valence-corrected chi connectivity index (χ2v) is 5.66. The average Bonchev–Trinajstić information content (AvgIpc) is 2.91. The van der Waals surface area contributed by atoms with Crippen LogP contribution in [0.5, 0.6) is 0 Å². The Morgan fingerprint density at radius 3 is 2.47 bits per heavy atom. The first-order valence-electron chi connectivity index (χ1n) is 6.30. The number of nitrogens with one attached hydrogen (secondary N) is 1. The Balaban J connectivity index is 2.00. The van der Waals surface area contributed by atoms with Crippen LogP contribution in [0.2, 0.25) is 0 Å². The number of likely N-dealkylation sites (tertiary alicyclic amines) is 1. The lowest BCUT2D eigenvalue weighted by Crippen LogP contribution is -2.55. The molecule has 2 aliphatic rings. The average molecular weight is 239 g/mol. The summed E-state index contributed by atoms with van der Waals surface area (Å²) in [5.41, 5.74) is 4.91. The second-order valence-electron chi connectivity index (χ2n) is 5.66. The van der Waals surface area contributed by atoms with E-state index in [-0.39, 0.29) is 17.9 Å². The van der Waals surface area contributed by atoms with Gasteiger partial charge in [0.2, 0.25) is 11.8 Å². The summed E-state index contributed by atoms with van der Waals surface area (Å²) in [6.45, 7) is 4.01. The van der Waals surface area contributed by atoms with Gasteiger partial charge in [0, 0.05) is 12.6 Å². The lowest BCUT2D eigenvalue weighted by molar-refractivity contribution is -0.141. The Morgan fingerprint density at radius 2 is 1.94 bits per heavy atom. The molecule has 2 amide bonds. The zero-order valence-electron chi connectivity index (χ0n) is 10.5. The molecule has 1 saturated heterocycles. The summed E-state index contributed by atoms with van der Waals surface area (Å²) in [4.78, 5) is 25.7. The van der Waals surface area contributed by atoms with Gasteiger partial charge in [0.05, 0.1) is 5.54 Å². The highest BCUT2D eigenvalue weighted by Crippen LogP contribution is 2.23. The standard InChI is InChI=1S/C12H21N3O2/c1-12(2,13)11(17)15-7-3-4-9(15)10(16)14-8-5-6-8/h8-9H,3-7,13H2,1-2H3,(H,14,16). The first-order chi connectivity index (χ1) is 7.89. The largest absolute Gasteiger partial charge is 0.352 e. The maximum absolute atomic E-state index is 12.1. The molecule has 0 spiro atoms. The van der Waals surface area contributed by atoms with E-state index < -0.39 is 5.54 Å². The number of nitrogens with zero attached hydrogens (tertiary/aromatic N) is 1. The molecule has 2 fully saturated rings.